The van der Waals surface area contributed by atoms with Crippen LogP contribution in [0, 0.1) is 24.3 Å². The van der Waals surface area contributed by atoms with Gasteiger partial charge in [-0.1, -0.05) is 145 Å². The Balaban J connectivity index is 0.000000380. The minimum atomic E-state index is -1.54. The normalized spacial score (nSPS) is 11.9. The van der Waals surface area contributed by atoms with Gasteiger partial charge >= 0.3 is 0 Å². The van der Waals surface area contributed by atoms with Gasteiger partial charge in [-0.25, -0.2) is 0 Å². The average Bonchev–Trinajstić information content (AvgIpc) is 3.00. The third-order valence-electron chi connectivity index (χ3n) is 7.74. The summed E-state index contributed by atoms with van der Waals surface area (Å²) in [5.74, 6) is 0.153. The minimum absolute atomic E-state index is 0. The van der Waals surface area contributed by atoms with Crippen molar-refractivity contribution in [3.05, 3.63) is 121 Å². The number of nitrogens with zero attached hydrogens (tertiary/aromatic N) is 1. The zero-order chi connectivity index (χ0) is 32.9. The second kappa shape index (κ2) is 15.3. The maximum absolute atomic E-state index is 11.3. The van der Waals surface area contributed by atoms with Crippen LogP contribution in [0.4, 0.5) is 0 Å². The summed E-state index contributed by atoms with van der Waals surface area (Å²) >= 11 is 0. The van der Waals surface area contributed by atoms with Crippen molar-refractivity contribution in [2.45, 2.75) is 61.2 Å². The molecule has 46 heavy (non-hydrogen) atoms. The van der Waals surface area contributed by atoms with Crippen molar-refractivity contribution in [3.63, 3.8) is 0 Å². The number of ketones is 1. The van der Waals surface area contributed by atoms with E-state index in [2.05, 4.69) is 130 Å². The smallest absolute Gasteiger partial charge is 0.164 e. The quantitative estimate of drug-likeness (QED) is 0.0805. The number of carbonyl (C=O) groups is 1. The van der Waals surface area contributed by atoms with Crippen LogP contribution in [0.1, 0.15) is 40.2 Å². The molecule has 0 saturated carbocycles. The van der Waals surface area contributed by atoms with Gasteiger partial charge in [0.05, 0.1) is 19.3 Å². The van der Waals surface area contributed by atoms with Gasteiger partial charge in [0.25, 0.3) is 0 Å². The van der Waals surface area contributed by atoms with Crippen molar-refractivity contribution in [2.24, 2.45) is 11.3 Å². The number of aryl methyl sites for hydroxylation is 1. The maximum Gasteiger partial charge on any atom is 0.164 e. The summed E-state index contributed by atoms with van der Waals surface area (Å²) in [6.07, 6.45) is 1.32. The molecule has 0 aliphatic rings. The molecular weight excluding hydrogens is 759 g/mol. The molecule has 0 aliphatic carbocycles. The van der Waals surface area contributed by atoms with Crippen LogP contribution in [-0.2, 0) is 24.9 Å². The zero-order valence-electron chi connectivity index (χ0n) is 28.5. The molecule has 0 amide bonds. The Morgan fingerprint density at radius 2 is 1.41 bits per heavy atom. The van der Waals surface area contributed by atoms with Crippen LogP contribution >= 0.6 is 0 Å². The molecule has 5 rings (SSSR count). The van der Waals surface area contributed by atoms with Crippen LogP contribution in [0.2, 0.25) is 19.6 Å². The Bertz CT molecular complexity index is 1820. The van der Waals surface area contributed by atoms with E-state index >= 15 is 0 Å². The number of aromatic nitrogens is 1. The number of benzene rings is 4. The molecule has 0 spiro atoms. The molecule has 0 bridgehead atoms. The molecule has 5 heteroatoms. The van der Waals surface area contributed by atoms with Gasteiger partial charge in [-0.05, 0) is 28.5 Å². The molecule has 0 atom stereocenters. The zero-order valence-corrected chi connectivity index (χ0v) is 31.9. The largest absolute Gasteiger partial charge is 0.512 e. The number of pyridine rings is 1. The number of hydrogen-bond acceptors (Lipinski definition) is 3. The molecule has 1 N–H and O–H groups in total. The summed E-state index contributed by atoms with van der Waals surface area (Å²) in [7, 11) is -1.54. The van der Waals surface area contributed by atoms with E-state index in [0.717, 1.165) is 22.3 Å². The van der Waals surface area contributed by atoms with Gasteiger partial charge in [-0.3, -0.25) is 9.78 Å². The Hall–Kier alpha value is -3.63. The first-order valence-electron chi connectivity index (χ1n) is 15.7. The average molecular weight is 805 g/mol. The van der Waals surface area contributed by atoms with Crippen LogP contribution < -0.4 is 5.19 Å². The molecule has 241 valence electrons. The van der Waals surface area contributed by atoms with Gasteiger partial charge in [0, 0.05) is 42.9 Å². The number of aliphatic hydroxyl groups excluding tert-OH is 1. The first-order valence-corrected chi connectivity index (χ1v) is 19.2. The molecular formula is C41H46IrNO2Si-. The molecule has 4 aromatic carbocycles. The fraction of sp³-hybridized carbons (Fsp3) is 0.268. The van der Waals surface area contributed by atoms with E-state index in [1.165, 1.54) is 38.9 Å². The number of allylic oxidation sites excluding steroid dienone is 2. The molecule has 1 heterocycles. The summed E-state index contributed by atoms with van der Waals surface area (Å²) in [5.41, 5.74) is 8.76. The molecule has 0 unspecified atom stereocenters. The number of carbonyl (C=O) groups excluding carboxylic acids is 1. The van der Waals surface area contributed by atoms with Crippen molar-refractivity contribution in [1.82, 2.24) is 4.98 Å². The topological polar surface area (TPSA) is 50.2 Å². The molecule has 0 aliphatic heterocycles. The first-order chi connectivity index (χ1) is 21.1. The van der Waals surface area contributed by atoms with Crippen molar-refractivity contribution in [3.8, 4) is 33.5 Å². The summed E-state index contributed by atoms with van der Waals surface area (Å²) in [4.78, 5) is 16.5. The third-order valence-corrected chi connectivity index (χ3v) is 9.77. The third kappa shape index (κ3) is 9.22. The van der Waals surface area contributed by atoms with Gasteiger partial charge in [0.1, 0.15) is 0 Å². The number of hydrogen-bond donors (Lipinski definition) is 1. The maximum atomic E-state index is 11.3. The van der Waals surface area contributed by atoms with E-state index in [-0.39, 0.29) is 37.6 Å². The van der Waals surface area contributed by atoms with E-state index in [1.807, 2.05) is 34.6 Å². The minimum Gasteiger partial charge on any atom is -0.512 e. The van der Waals surface area contributed by atoms with Gasteiger partial charge in [-0.2, -0.15) is 0 Å². The van der Waals surface area contributed by atoms with Crippen LogP contribution in [-0.4, -0.2) is 23.9 Å². The molecule has 0 saturated heterocycles. The van der Waals surface area contributed by atoms with Crippen LogP contribution in [0.5, 0.6) is 0 Å². The molecule has 3 nitrogen and oxygen atoms in total. The van der Waals surface area contributed by atoms with E-state index in [9.17, 15) is 9.90 Å². The number of rotatable bonds is 6. The fourth-order valence-electron chi connectivity index (χ4n) is 5.06. The SMILES string of the molecule is CC(C)/C(O)=C/C(=O)C(C)(C)C.Cc1[c-]c(-c2ccc3c(-c4ccccc4)c([Si](C)(C)C)ccc3n2)cc(-c2ccccc2)c1.[Ir]. The standard InChI is InChI=1S/C31H28NSi.C10H18O2.Ir/c1-22-19-25(23-11-7-5-8-12-23)21-26(20-22)28-16-15-27-29(32-28)17-18-30(33(2,3)4)31(27)24-13-9-6-10-14-24;1-7(2)8(11)6-9(12)10(3,4)5;/h5-19,21H,1-4H3;6-7,11H,1-5H3;/q-1;;/b;8-6-;. The van der Waals surface area contributed by atoms with Gasteiger partial charge < -0.3 is 5.11 Å². The number of aliphatic hydroxyl groups is 1. The monoisotopic (exact) mass is 805 g/mol. The van der Waals surface area contributed by atoms with Crippen molar-refractivity contribution < 1.29 is 30.0 Å². The van der Waals surface area contributed by atoms with Crippen molar-refractivity contribution >= 4 is 29.9 Å². The molecule has 5 aromatic rings. The Kier molecular flexibility index (Phi) is 12.3. The first kappa shape index (κ1) is 36.8. The Morgan fingerprint density at radius 1 is 0.826 bits per heavy atom. The summed E-state index contributed by atoms with van der Waals surface area (Å²) in [5, 5.41) is 12.0. The summed E-state index contributed by atoms with van der Waals surface area (Å²) in [6, 6.07) is 38.1. The molecule has 0 fully saturated rings. The molecule has 1 radical (unpaired) electrons. The van der Waals surface area contributed by atoms with Crippen LogP contribution in [0.25, 0.3) is 44.4 Å². The second-order valence-corrected chi connectivity index (χ2v) is 19.1. The van der Waals surface area contributed by atoms with Gasteiger partial charge in [0.15, 0.2) is 5.78 Å². The van der Waals surface area contributed by atoms with Crippen LogP contribution in [0.15, 0.2) is 109 Å². The fourth-order valence-corrected chi connectivity index (χ4v) is 6.67. The summed E-state index contributed by atoms with van der Waals surface area (Å²) < 4.78 is 0. The van der Waals surface area contributed by atoms with Crippen LogP contribution in [0.3, 0.4) is 0 Å². The number of fused-ring (bicyclic) bond motifs is 1. The van der Waals surface area contributed by atoms with E-state index in [4.69, 9.17) is 4.98 Å². The summed E-state index contributed by atoms with van der Waals surface area (Å²) in [6.45, 7) is 18.5. The van der Waals surface area contributed by atoms with E-state index < -0.39 is 13.5 Å². The predicted octanol–water partition coefficient (Wildman–Crippen LogP) is 10.6. The van der Waals surface area contributed by atoms with E-state index in [1.54, 1.807) is 0 Å². The molecule has 1 aromatic heterocycles. The van der Waals surface area contributed by atoms with Crippen molar-refractivity contribution in [1.29, 1.82) is 0 Å². The van der Waals surface area contributed by atoms with E-state index in [0.29, 0.717) is 0 Å². The van der Waals surface area contributed by atoms with Gasteiger partial charge in [-0.15, -0.1) is 34.9 Å². The Labute approximate surface area is 290 Å². The Morgan fingerprint density at radius 3 is 1.96 bits per heavy atom. The predicted molar refractivity (Wildman–Crippen MR) is 195 cm³/mol. The van der Waals surface area contributed by atoms with Crippen molar-refractivity contribution in [2.75, 3.05) is 0 Å². The second-order valence-electron chi connectivity index (χ2n) is 14.0. The van der Waals surface area contributed by atoms with Gasteiger partial charge in [0.2, 0.25) is 0 Å².